The molecule has 0 saturated carbocycles. The fraction of sp³-hybridized carbons (Fsp3) is 0.231. The largest absolute Gasteiger partial charge is 0.481 e. The Morgan fingerprint density at radius 3 is 2.14 bits per heavy atom. The lowest BCUT2D eigenvalue weighted by molar-refractivity contribution is -0.146. The molecule has 3 N–H and O–H groups in total. The average Bonchev–Trinajstić information content (AvgIpc) is 2.91. The first-order valence-electron chi connectivity index (χ1n) is 10.9. The van der Waals surface area contributed by atoms with Gasteiger partial charge in [-0.3, -0.25) is 9.59 Å². The molecule has 0 aliphatic rings. The lowest BCUT2D eigenvalue weighted by Crippen LogP contribution is -2.51. The van der Waals surface area contributed by atoms with E-state index in [2.05, 4.69) is 15.6 Å². The smallest absolute Gasteiger partial charge is 0.328 e. The van der Waals surface area contributed by atoms with E-state index in [9.17, 15) is 19.5 Å². The van der Waals surface area contributed by atoms with E-state index in [1.807, 2.05) is 0 Å². The molecule has 3 atom stereocenters. The van der Waals surface area contributed by atoms with Crippen molar-refractivity contribution in [2.45, 2.75) is 24.6 Å². The summed E-state index contributed by atoms with van der Waals surface area (Å²) in [4.78, 5) is 42.3. The number of nitrogens with one attached hydrogen (secondary N) is 2. The molecule has 9 nitrogen and oxygen atoms in total. The summed E-state index contributed by atoms with van der Waals surface area (Å²) < 4.78 is 9.86. The molecule has 1 heterocycles. The summed E-state index contributed by atoms with van der Waals surface area (Å²) in [5.41, 5.74) is 1.54. The highest BCUT2D eigenvalue weighted by Crippen LogP contribution is 2.19. The van der Waals surface area contributed by atoms with Crippen LogP contribution in [-0.4, -0.2) is 54.2 Å². The van der Waals surface area contributed by atoms with Crippen LogP contribution in [0.2, 0.25) is 0 Å². The maximum atomic E-state index is 13.0. The second-order valence-corrected chi connectivity index (χ2v) is 7.67. The predicted molar refractivity (Wildman–Crippen MR) is 128 cm³/mol. The number of hydrogen-bond donors (Lipinski definition) is 3. The molecular weight excluding hydrogens is 450 g/mol. The van der Waals surface area contributed by atoms with Gasteiger partial charge < -0.3 is 25.2 Å². The van der Waals surface area contributed by atoms with Crippen molar-refractivity contribution < 1.29 is 29.0 Å². The van der Waals surface area contributed by atoms with Gasteiger partial charge in [-0.1, -0.05) is 54.6 Å². The maximum absolute atomic E-state index is 13.0. The van der Waals surface area contributed by atoms with E-state index < -0.39 is 36.0 Å². The quantitative estimate of drug-likeness (QED) is 0.380. The number of benzene rings is 2. The SMILES string of the molecule is COC(=O)[C@@H](Cc1ccc(OC)nc1)NC(=O)[C@H](O)[C@@H](NC(=O)c1ccccc1)c1ccccc1. The van der Waals surface area contributed by atoms with E-state index in [4.69, 9.17) is 9.47 Å². The third kappa shape index (κ3) is 6.87. The summed E-state index contributed by atoms with van der Waals surface area (Å²) >= 11 is 0. The highest BCUT2D eigenvalue weighted by atomic mass is 16.5. The standard InChI is InChI=1S/C26H27N3O6/c1-34-21-14-13-17(16-27-21)15-20(26(33)35-2)28-25(32)23(30)22(18-9-5-3-6-10-18)29-24(31)19-11-7-4-8-12-19/h3-14,16,20,22-23,30H,15H2,1-2H3,(H,28,32)(H,29,31)/t20-,22+,23-/m1/s1. The van der Waals surface area contributed by atoms with E-state index in [0.717, 1.165) is 0 Å². The van der Waals surface area contributed by atoms with Gasteiger partial charge in [0, 0.05) is 24.2 Å². The summed E-state index contributed by atoms with van der Waals surface area (Å²) in [5.74, 6) is -1.59. The van der Waals surface area contributed by atoms with Gasteiger partial charge in [-0.25, -0.2) is 9.78 Å². The van der Waals surface area contributed by atoms with E-state index in [-0.39, 0.29) is 6.42 Å². The van der Waals surface area contributed by atoms with Crippen molar-refractivity contribution in [3.63, 3.8) is 0 Å². The zero-order chi connectivity index (χ0) is 25.2. The van der Waals surface area contributed by atoms with Gasteiger partial charge in [0.1, 0.15) is 6.04 Å². The molecule has 0 aliphatic heterocycles. The first-order valence-corrected chi connectivity index (χ1v) is 10.9. The Bertz CT molecular complexity index is 1120. The van der Waals surface area contributed by atoms with Gasteiger partial charge >= 0.3 is 5.97 Å². The number of rotatable bonds is 10. The summed E-state index contributed by atoms with van der Waals surface area (Å²) in [6.45, 7) is 0. The van der Waals surface area contributed by atoms with Gasteiger partial charge in [-0.05, 0) is 23.3 Å². The number of carbonyl (C=O) groups is 3. The molecule has 182 valence electrons. The Balaban J connectivity index is 1.79. The van der Waals surface area contributed by atoms with Crippen LogP contribution >= 0.6 is 0 Å². The summed E-state index contributed by atoms with van der Waals surface area (Å²) in [6.07, 6.45) is -0.0927. The number of nitrogens with zero attached hydrogens (tertiary/aromatic N) is 1. The molecule has 0 aliphatic carbocycles. The van der Waals surface area contributed by atoms with E-state index in [0.29, 0.717) is 22.6 Å². The third-order valence-electron chi connectivity index (χ3n) is 5.31. The fourth-order valence-electron chi connectivity index (χ4n) is 3.45. The van der Waals surface area contributed by atoms with Crippen LogP contribution in [0, 0.1) is 0 Å². The highest BCUT2D eigenvalue weighted by Gasteiger charge is 2.32. The number of methoxy groups -OCH3 is 2. The maximum Gasteiger partial charge on any atom is 0.328 e. The number of aliphatic hydroxyl groups is 1. The summed E-state index contributed by atoms with van der Waals surface area (Å²) in [7, 11) is 2.69. The molecule has 0 spiro atoms. The number of hydrogen-bond acceptors (Lipinski definition) is 7. The van der Waals surface area contributed by atoms with Crippen LogP contribution in [0.25, 0.3) is 0 Å². The second-order valence-electron chi connectivity index (χ2n) is 7.67. The number of amides is 2. The van der Waals surface area contributed by atoms with Crippen molar-refractivity contribution >= 4 is 17.8 Å². The molecule has 0 bridgehead atoms. The van der Waals surface area contributed by atoms with Crippen molar-refractivity contribution in [2.75, 3.05) is 14.2 Å². The molecule has 2 amide bonds. The average molecular weight is 478 g/mol. The minimum absolute atomic E-state index is 0.0779. The van der Waals surface area contributed by atoms with Gasteiger partial charge in [-0.2, -0.15) is 0 Å². The van der Waals surface area contributed by atoms with Gasteiger partial charge in [0.05, 0.1) is 20.3 Å². The Labute approximate surface area is 203 Å². The van der Waals surface area contributed by atoms with E-state index >= 15 is 0 Å². The minimum Gasteiger partial charge on any atom is -0.481 e. The van der Waals surface area contributed by atoms with E-state index in [1.54, 1.807) is 72.8 Å². The molecule has 0 unspecified atom stereocenters. The topological polar surface area (TPSA) is 127 Å². The number of carbonyl (C=O) groups excluding carboxylic acids is 3. The van der Waals surface area contributed by atoms with Crippen LogP contribution < -0.4 is 15.4 Å². The van der Waals surface area contributed by atoms with Crippen LogP contribution in [0.1, 0.15) is 27.5 Å². The number of aromatic nitrogens is 1. The van der Waals surface area contributed by atoms with Gasteiger partial charge in [0.15, 0.2) is 6.10 Å². The Morgan fingerprint density at radius 2 is 1.57 bits per heavy atom. The van der Waals surface area contributed by atoms with Crippen LogP contribution in [0.4, 0.5) is 0 Å². The predicted octanol–water partition coefficient (Wildman–Crippen LogP) is 1.82. The van der Waals surface area contributed by atoms with Crippen LogP contribution in [0.15, 0.2) is 79.0 Å². The lowest BCUT2D eigenvalue weighted by atomic mass is 9.99. The molecule has 1 aromatic heterocycles. The summed E-state index contributed by atoms with van der Waals surface area (Å²) in [5, 5.41) is 16.2. The molecule has 35 heavy (non-hydrogen) atoms. The first kappa shape index (κ1) is 25.4. The van der Waals surface area contributed by atoms with Gasteiger partial charge in [0.25, 0.3) is 11.8 Å². The molecule has 3 rings (SSSR count). The number of pyridine rings is 1. The second kappa shape index (κ2) is 12.3. The third-order valence-corrected chi connectivity index (χ3v) is 5.31. The van der Waals surface area contributed by atoms with Crippen molar-refractivity contribution in [1.82, 2.24) is 15.6 Å². The monoisotopic (exact) mass is 477 g/mol. The van der Waals surface area contributed by atoms with Crippen LogP contribution in [0.5, 0.6) is 5.88 Å². The number of ether oxygens (including phenoxy) is 2. The molecular formula is C26H27N3O6. The Hall–Kier alpha value is -4.24. The molecule has 9 heteroatoms. The molecule has 0 radical (unpaired) electrons. The fourth-order valence-corrected chi connectivity index (χ4v) is 3.45. The number of aliphatic hydroxyl groups excluding tert-OH is 1. The Kier molecular flexibility index (Phi) is 8.91. The highest BCUT2D eigenvalue weighted by molar-refractivity contribution is 5.95. The van der Waals surface area contributed by atoms with Crippen LogP contribution in [-0.2, 0) is 20.7 Å². The van der Waals surface area contributed by atoms with Crippen molar-refractivity contribution in [1.29, 1.82) is 0 Å². The zero-order valence-electron chi connectivity index (χ0n) is 19.4. The summed E-state index contributed by atoms with van der Waals surface area (Å²) in [6, 6.07) is 18.3. The Morgan fingerprint density at radius 1 is 0.914 bits per heavy atom. The first-order chi connectivity index (χ1) is 16.9. The van der Waals surface area contributed by atoms with Gasteiger partial charge in [-0.15, -0.1) is 0 Å². The van der Waals surface area contributed by atoms with Crippen molar-refractivity contribution in [3.8, 4) is 5.88 Å². The normalized spacial score (nSPS) is 13.1. The lowest BCUT2D eigenvalue weighted by Gasteiger charge is -2.26. The van der Waals surface area contributed by atoms with Crippen molar-refractivity contribution in [3.05, 3.63) is 95.7 Å². The van der Waals surface area contributed by atoms with Crippen molar-refractivity contribution in [2.24, 2.45) is 0 Å². The minimum atomic E-state index is -1.69. The van der Waals surface area contributed by atoms with E-state index in [1.165, 1.54) is 20.4 Å². The molecule has 0 fully saturated rings. The molecule has 3 aromatic rings. The molecule has 2 aromatic carbocycles. The number of esters is 1. The zero-order valence-corrected chi connectivity index (χ0v) is 19.4. The molecule has 0 saturated heterocycles. The van der Waals surface area contributed by atoms with Gasteiger partial charge in [0.2, 0.25) is 5.88 Å². The van der Waals surface area contributed by atoms with Crippen LogP contribution in [0.3, 0.4) is 0 Å².